The number of pyridine rings is 1. The van der Waals surface area contributed by atoms with Gasteiger partial charge in [-0.05, 0) is 25.0 Å². The summed E-state index contributed by atoms with van der Waals surface area (Å²) in [6.07, 6.45) is 1.95. The molecule has 6 nitrogen and oxygen atoms in total. The highest BCUT2D eigenvalue weighted by Crippen LogP contribution is 2.37. The summed E-state index contributed by atoms with van der Waals surface area (Å²) in [7, 11) is 1.59. The van der Waals surface area contributed by atoms with Crippen LogP contribution in [-0.4, -0.2) is 41.8 Å². The molecule has 0 bridgehead atoms. The first-order chi connectivity index (χ1) is 11.4. The number of rotatable bonds is 2. The zero-order valence-electron chi connectivity index (χ0n) is 14.2. The molecule has 0 aliphatic carbocycles. The number of nitrogens with zero attached hydrogens (tertiary/aromatic N) is 2. The van der Waals surface area contributed by atoms with E-state index in [1.54, 1.807) is 14.0 Å². The summed E-state index contributed by atoms with van der Waals surface area (Å²) in [4.78, 5) is 31.6. The number of fused-ring (bicyclic) bond motifs is 1. The van der Waals surface area contributed by atoms with E-state index in [2.05, 4.69) is 12.2 Å². The fourth-order valence-corrected chi connectivity index (χ4v) is 4.37. The Kier molecular flexibility index (Phi) is 4.21. The van der Waals surface area contributed by atoms with Crippen LogP contribution < -0.4 is 11.1 Å². The molecule has 0 spiro atoms. The number of anilines is 1. The van der Waals surface area contributed by atoms with Crippen LogP contribution >= 0.6 is 11.3 Å². The fraction of sp³-hybridized carbons (Fsp3) is 0.471. The largest absolute Gasteiger partial charge is 0.397 e. The number of nitrogen functional groups attached to an aromatic ring is 1. The second kappa shape index (κ2) is 6.05. The Labute approximate surface area is 145 Å². The van der Waals surface area contributed by atoms with Gasteiger partial charge < -0.3 is 16.0 Å². The summed E-state index contributed by atoms with van der Waals surface area (Å²) < 4.78 is 0. The highest BCUT2D eigenvalue weighted by Gasteiger charge is 2.35. The molecular formula is C17H22N4O2S. The smallest absolute Gasteiger partial charge is 0.263 e. The van der Waals surface area contributed by atoms with Crippen molar-refractivity contribution in [2.24, 2.45) is 0 Å². The van der Waals surface area contributed by atoms with Crippen LogP contribution in [0.25, 0.3) is 10.2 Å². The van der Waals surface area contributed by atoms with Crippen LogP contribution in [0.15, 0.2) is 12.1 Å². The first kappa shape index (κ1) is 16.7. The molecule has 0 unspecified atom stereocenters. The molecule has 1 atom stereocenters. The quantitative estimate of drug-likeness (QED) is 0.872. The molecular weight excluding hydrogens is 324 g/mol. The minimum atomic E-state index is -0.191. The number of piperidine rings is 1. The van der Waals surface area contributed by atoms with E-state index in [4.69, 9.17) is 10.7 Å². The van der Waals surface area contributed by atoms with Crippen LogP contribution in [0, 0.1) is 0 Å². The van der Waals surface area contributed by atoms with Gasteiger partial charge >= 0.3 is 0 Å². The monoisotopic (exact) mass is 346 g/mol. The maximum absolute atomic E-state index is 11.9. The van der Waals surface area contributed by atoms with E-state index in [0.29, 0.717) is 17.1 Å². The lowest BCUT2D eigenvalue weighted by atomic mass is 9.78. The van der Waals surface area contributed by atoms with E-state index in [0.717, 1.165) is 35.3 Å². The predicted molar refractivity (Wildman–Crippen MR) is 96.3 cm³/mol. The summed E-state index contributed by atoms with van der Waals surface area (Å²) in [5.41, 5.74) is 7.35. The highest BCUT2D eigenvalue weighted by molar-refractivity contribution is 7.21. The molecule has 0 saturated carbocycles. The van der Waals surface area contributed by atoms with E-state index in [1.807, 2.05) is 17.0 Å². The van der Waals surface area contributed by atoms with E-state index >= 15 is 0 Å². The predicted octanol–water partition coefficient (Wildman–Crippen LogP) is 2.14. The van der Waals surface area contributed by atoms with Gasteiger partial charge in [0.25, 0.3) is 5.91 Å². The van der Waals surface area contributed by atoms with Crippen molar-refractivity contribution in [3.8, 4) is 0 Å². The number of hydrogen-bond acceptors (Lipinski definition) is 5. The van der Waals surface area contributed by atoms with Gasteiger partial charge in [-0.1, -0.05) is 6.92 Å². The number of thiophene rings is 1. The summed E-state index contributed by atoms with van der Waals surface area (Å²) in [5, 5.41) is 3.42. The first-order valence-corrected chi connectivity index (χ1v) is 8.84. The Morgan fingerprint density at radius 1 is 1.42 bits per heavy atom. The Morgan fingerprint density at radius 2 is 2.17 bits per heavy atom. The first-order valence-electron chi connectivity index (χ1n) is 8.03. The van der Waals surface area contributed by atoms with E-state index in [-0.39, 0.29) is 17.2 Å². The van der Waals surface area contributed by atoms with Crippen molar-refractivity contribution in [1.29, 1.82) is 0 Å². The second-order valence-electron chi connectivity index (χ2n) is 6.58. The molecule has 1 aliphatic rings. The summed E-state index contributed by atoms with van der Waals surface area (Å²) in [5.74, 6) is -0.0899. The standard InChI is InChI=1S/C17H22N4O2S/c1-10(22)21-8-4-7-17(2,9-21)12-6-5-11-13(18)14(15(23)19-3)24-16(11)20-12/h5-6H,4,7-9,18H2,1-3H3,(H,19,23)/t17-/m0/s1. The lowest BCUT2D eigenvalue weighted by molar-refractivity contribution is -0.130. The zero-order valence-corrected chi connectivity index (χ0v) is 15.0. The topological polar surface area (TPSA) is 88.3 Å². The van der Waals surface area contributed by atoms with Gasteiger partial charge in [-0.3, -0.25) is 9.59 Å². The third-order valence-electron chi connectivity index (χ3n) is 4.79. The molecule has 1 aliphatic heterocycles. The van der Waals surface area contributed by atoms with Gasteiger partial charge in [0.2, 0.25) is 5.91 Å². The Morgan fingerprint density at radius 3 is 2.83 bits per heavy atom. The van der Waals surface area contributed by atoms with Crippen LogP contribution in [0.2, 0.25) is 0 Å². The Hall–Kier alpha value is -2.15. The molecule has 128 valence electrons. The normalized spacial score (nSPS) is 21.0. The number of nitrogens with one attached hydrogen (secondary N) is 1. The van der Waals surface area contributed by atoms with E-state index in [1.165, 1.54) is 11.3 Å². The van der Waals surface area contributed by atoms with Crippen molar-refractivity contribution in [3.05, 3.63) is 22.7 Å². The molecule has 2 aromatic rings. The Balaban J connectivity index is 2.01. The minimum absolute atomic E-state index is 0.101. The molecule has 24 heavy (non-hydrogen) atoms. The molecule has 2 aromatic heterocycles. The van der Waals surface area contributed by atoms with E-state index < -0.39 is 0 Å². The molecule has 0 aromatic carbocycles. The van der Waals surface area contributed by atoms with Crippen molar-refractivity contribution in [2.75, 3.05) is 25.9 Å². The number of hydrogen-bond donors (Lipinski definition) is 2. The van der Waals surface area contributed by atoms with Gasteiger partial charge in [0, 0.05) is 43.6 Å². The van der Waals surface area contributed by atoms with Crippen molar-refractivity contribution in [1.82, 2.24) is 15.2 Å². The lowest BCUT2D eigenvalue weighted by Crippen LogP contribution is -2.46. The maximum atomic E-state index is 11.9. The molecule has 3 rings (SSSR count). The van der Waals surface area contributed by atoms with Crippen LogP contribution in [0.4, 0.5) is 5.69 Å². The molecule has 1 saturated heterocycles. The van der Waals surface area contributed by atoms with Gasteiger partial charge in [-0.2, -0.15) is 0 Å². The number of amides is 2. The van der Waals surface area contributed by atoms with Crippen molar-refractivity contribution in [3.63, 3.8) is 0 Å². The molecule has 2 amide bonds. The van der Waals surface area contributed by atoms with Gasteiger partial charge in [0.05, 0.1) is 5.69 Å². The maximum Gasteiger partial charge on any atom is 0.263 e. The average molecular weight is 346 g/mol. The van der Waals surface area contributed by atoms with E-state index in [9.17, 15) is 9.59 Å². The van der Waals surface area contributed by atoms with Gasteiger partial charge in [-0.15, -0.1) is 11.3 Å². The van der Waals surface area contributed by atoms with Crippen molar-refractivity contribution < 1.29 is 9.59 Å². The van der Waals surface area contributed by atoms with Crippen LogP contribution in [0.3, 0.4) is 0 Å². The SMILES string of the molecule is CNC(=O)c1sc2nc([C@@]3(C)CCCN(C(C)=O)C3)ccc2c1N. The summed E-state index contributed by atoms with van der Waals surface area (Å²) >= 11 is 1.31. The molecule has 0 radical (unpaired) electrons. The molecule has 7 heteroatoms. The van der Waals surface area contributed by atoms with Gasteiger partial charge in [0.15, 0.2) is 0 Å². The number of carbonyl (C=O) groups is 2. The third-order valence-corrected chi connectivity index (χ3v) is 5.90. The number of likely N-dealkylation sites (tertiary alicyclic amines) is 1. The molecule has 3 heterocycles. The fourth-order valence-electron chi connectivity index (χ4n) is 3.33. The minimum Gasteiger partial charge on any atom is -0.397 e. The highest BCUT2D eigenvalue weighted by atomic mass is 32.1. The Bertz CT molecular complexity index is 816. The number of aromatic nitrogens is 1. The van der Waals surface area contributed by atoms with Crippen LogP contribution in [0.5, 0.6) is 0 Å². The average Bonchev–Trinajstić information content (AvgIpc) is 2.90. The van der Waals surface area contributed by atoms with Crippen LogP contribution in [-0.2, 0) is 10.2 Å². The van der Waals surface area contributed by atoms with Crippen molar-refractivity contribution in [2.45, 2.75) is 32.1 Å². The third kappa shape index (κ3) is 2.73. The molecule has 1 fully saturated rings. The van der Waals surface area contributed by atoms with Crippen LogP contribution in [0.1, 0.15) is 42.1 Å². The van der Waals surface area contributed by atoms with Gasteiger partial charge in [0.1, 0.15) is 9.71 Å². The zero-order chi connectivity index (χ0) is 17.5. The number of nitrogens with two attached hydrogens (primary N) is 1. The number of carbonyl (C=O) groups excluding carboxylic acids is 2. The summed E-state index contributed by atoms with van der Waals surface area (Å²) in [6, 6.07) is 3.91. The summed E-state index contributed by atoms with van der Waals surface area (Å²) in [6.45, 7) is 5.23. The lowest BCUT2D eigenvalue weighted by Gasteiger charge is -2.39. The second-order valence-corrected chi connectivity index (χ2v) is 7.58. The van der Waals surface area contributed by atoms with Crippen molar-refractivity contribution >= 4 is 39.1 Å². The molecule has 3 N–H and O–H groups in total. The van der Waals surface area contributed by atoms with Gasteiger partial charge in [-0.25, -0.2) is 4.98 Å².